The van der Waals surface area contributed by atoms with Gasteiger partial charge in [0.2, 0.25) is 0 Å². The minimum atomic E-state index is -0.451. The van der Waals surface area contributed by atoms with E-state index in [0.717, 1.165) is 47.2 Å². The smallest absolute Gasteiger partial charge is 0.166 e. The van der Waals surface area contributed by atoms with Crippen LogP contribution in [0.3, 0.4) is 0 Å². The Morgan fingerprint density at radius 1 is 1.14 bits per heavy atom. The molecule has 2 aliphatic carbocycles. The third-order valence-electron chi connectivity index (χ3n) is 8.52. The van der Waals surface area contributed by atoms with Gasteiger partial charge in [-0.1, -0.05) is 0 Å². The number of ether oxygens (including phenoxy) is 1. The number of hydrogen-bond donors (Lipinski definition) is 1. The molecule has 2 aliphatic heterocycles. The highest BCUT2D eigenvalue weighted by Gasteiger charge is 2.56. The summed E-state index contributed by atoms with van der Waals surface area (Å²) in [6.07, 6.45) is 9.17. The quantitative estimate of drug-likeness (QED) is 0.392. The van der Waals surface area contributed by atoms with Crippen molar-refractivity contribution >= 4 is 5.82 Å². The van der Waals surface area contributed by atoms with E-state index in [1.807, 2.05) is 37.0 Å². The predicted molar refractivity (Wildman–Crippen MR) is 133 cm³/mol. The summed E-state index contributed by atoms with van der Waals surface area (Å²) in [5.74, 6) is 1.16. The maximum absolute atomic E-state index is 14.5. The van der Waals surface area contributed by atoms with Gasteiger partial charge in [0.25, 0.3) is 0 Å². The summed E-state index contributed by atoms with van der Waals surface area (Å²) in [4.78, 5) is 4.54. The van der Waals surface area contributed by atoms with E-state index in [9.17, 15) is 4.39 Å². The molecule has 1 aromatic carbocycles. The Bertz CT molecular complexity index is 1580. The number of nitrogens with two attached hydrogens (primary N) is 1. The van der Waals surface area contributed by atoms with E-state index in [-0.39, 0.29) is 17.3 Å². The molecule has 7 nitrogen and oxygen atoms in total. The van der Waals surface area contributed by atoms with E-state index in [2.05, 4.69) is 15.9 Å². The molecular formula is C28H27FN6O. The van der Waals surface area contributed by atoms with Crippen molar-refractivity contribution in [3.63, 3.8) is 0 Å². The highest BCUT2D eigenvalue weighted by atomic mass is 19.1. The highest BCUT2D eigenvalue weighted by molar-refractivity contribution is 5.77. The van der Waals surface area contributed by atoms with Gasteiger partial charge in [-0.3, -0.25) is 9.36 Å². The summed E-state index contributed by atoms with van der Waals surface area (Å²) in [5, 5.41) is 10.2. The minimum absolute atomic E-state index is 0.0780. The molecule has 3 aromatic heterocycles. The van der Waals surface area contributed by atoms with Crippen LogP contribution in [-0.2, 0) is 12.6 Å². The van der Waals surface area contributed by atoms with Gasteiger partial charge in [-0.15, -0.1) is 0 Å². The second-order valence-corrected chi connectivity index (χ2v) is 11.0. The van der Waals surface area contributed by atoms with Gasteiger partial charge in [0.15, 0.2) is 11.6 Å². The molecule has 1 unspecified atom stereocenters. The third-order valence-corrected chi connectivity index (χ3v) is 8.52. The average Bonchev–Trinajstić information content (AvgIpc) is 3.75. The number of hydrogen-bond acceptors (Lipinski definition) is 5. The maximum Gasteiger partial charge on any atom is 0.166 e. The molecule has 182 valence electrons. The Labute approximate surface area is 208 Å². The number of aryl methyl sites for hydroxylation is 1. The second-order valence-electron chi connectivity index (χ2n) is 11.0. The van der Waals surface area contributed by atoms with Crippen molar-refractivity contribution in [2.75, 3.05) is 5.73 Å². The van der Waals surface area contributed by atoms with Crippen LogP contribution in [0.5, 0.6) is 5.75 Å². The van der Waals surface area contributed by atoms with Crippen LogP contribution in [0, 0.1) is 5.82 Å². The molecule has 36 heavy (non-hydrogen) atoms. The number of benzene rings is 1. The van der Waals surface area contributed by atoms with Gasteiger partial charge in [0.1, 0.15) is 11.9 Å². The lowest BCUT2D eigenvalue weighted by Gasteiger charge is -2.22. The van der Waals surface area contributed by atoms with Crippen molar-refractivity contribution in [1.29, 1.82) is 0 Å². The highest BCUT2D eigenvalue weighted by Crippen LogP contribution is 2.62. The van der Waals surface area contributed by atoms with Crippen molar-refractivity contribution in [2.24, 2.45) is 7.05 Å². The van der Waals surface area contributed by atoms with Crippen LogP contribution in [0.2, 0.25) is 0 Å². The van der Waals surface area contributed by atoms with Gasteiger partial charge in [0.05, 0.1) is 22.6 Å². The van der Waals surface area contributed by atoms with E-state index in [4.69, 9.17) is 20.7 Å². The topological polar surface area (TPSA) is 83.8 Å². The summed E-state index contributed by atoms with van der Waals surface area (Å²) in [6, 6.07) is 6.89. The second kappa shape index (κ2) is 6.75. The first kappa shape index (κ1) is 20.5. The van der Waals surface area contributed by atoms with Crippen molar-refractivity contribution < 1.29 is 9.13 Å². The Kier molecular flexibility index (Phi) is 3.84. The van der Waals surface area contributed by atoms with Gasteiger partial charge < -0.3 is 10.5 Å². The molecule has 2 atom stereocenters. The molecule has 5 heterocycles. The summed E-state index contributed by atoms with van der Waals surface area (Å²) >= 11 is 0. The van der Waals surface area contributed by atoms with Crippen molar-refractivity contribution in [1.82, 2.24) is 24.5 Å². The van der Waals surface area contributed by atoms with E-state index in [0.29, 0.717) is 17.5 Å². The Balaban J connectivity index is 1.47. The van der Waals surface area contributed by atoms with Gasteiger partial charge in [-0.2, -0.15) is 10.2 Å². The number of nitrogens with zero attached hydrogens (tertiary/aromatic N) is 5. The first-order valence-electron chi connectivity index (χ1n) is 12.8. The molecule has 2 N–H and O–H groups in total. The zero-order chi connectivity index (χ0) is 24.3. The van der Waals surface area contributed by atoms with Crippen LogP contribution in [0.25, 0.3) is 22.4 Å². The standard InChI is InChI=1S/C28H27FN6O/c1-14-19-10-17(29)5-6-18(19)25-21(13-34(2)32-25)20-11-28(7-8-28)35-26(20)23(24(33-35)15-3-4-15)16-9-22(36-14)27(30)31-12-16/h5-6,9-10,12-15,20H,3-4,7-8,11H2,1-2H3,(H2,30,31)/t14-,20?/m1/s1. The summed E-state index contributed by atoms with van der Waals surface area (Å²) in [7, 11) is 1.96. The largest absolute Gasteiger partial charge is 0.482 e. The summed E-state index contributed by atoms with van der Waals surface area (Å²) in [5.41, 5.74) is 14.6. The number of rotatable bonds is 1. The number of fused-ring (bicyclic) bond motifs is 8. The predicted octanol–water partition coefficient (Wildman–Crippen LogP) is 5.42. The number of anilines is 1. The Morgan fingerprint density at radius 3 is 2.75 bits per heavy atom. The van der Waals surface area contributed by atoms with E-state index >= 15 is 0 Å². The molecule has 0 radical (unpaired) electrons. The molecule has 2 saturated carbocycles. The molecule has 0 saturated heterocycles. The third kappa shape index (κ3) is 2.75. The van der Waals surface area contributed by atoms with Crippen LogP contribution in [0.15, 0.2) is 36.7 Å². The number of nitrogen functional groups attached to an aromatic ring is 1. The first-order valence-corrected chi connectivity index (χ1v) is 12.8. The van der Waals surface area contributed by atoms with Crippen molar-refractivity contribution in [3.8, 4) is 28.1 Å². The normalized spacial score (nSPS) is 22.8. The Hall–Kier alpha value is -3.68. The van der Waals surface area contributed by atoms with Gasteiger partial charge >= 0.3 is 0 Å². The minimum Gasteiger partial charge on any atom is -0.482 e. The fraction of sp³-hybridized carbons (Fsp3) is 0.393. The fourth-order valence-electron chi connectivity index (χ4n) is 6.45. The van der Waals surface area contributed by atoms with Gasteiger partial charge in [-0.05, 0) is 63.3 Å². The van der Waals surface area contributed by atoms with Gasteiger partial charge in [-0.25, -0.2) is 9.37 Å². The zero-order valence-electron chi connectivity index (χ0n) is 20.3. The zero-order valence-corrected chi connectivity index (χ0v) is 20.3. The number of halogens is 1. The lowest BCUT2D eigenvalue weighted by atomic mass is 9.85. The molecule has 2 fully saturated rings. The molecule has 0 amide bonds. The summed E-state index contributed by atoms with van der Waals surface area (Å²) < 4.78 is 25.1. The number of aromatic nitrogens is 5. The number of pyridine rings is 1. The lowest BCUT2D eigenvalue weighted by Crippen LogP contribution is -2.13. The van der Waals surface area contributed by atoms with E-state index < -0.39 is 6.10 Å². The SMILES string of the molecule is C[C@H]1Oc2cc(cnc2N)-c2c(C3CC3)nn3c2C(CC32CC2)c2cn(C)nc2-c2ccc(F)cc21. The molecule has 4 aliphatic rings. The van der Waals surface area contributed by atoms with Crippen molar-refractivity contribution in [3.05, 3.63) is 65.0 Å². The van der Waals surface area contributed by atoms with Crippen LogP contribution < -0.4 is 10.5 Å². The molecule has 4 aromatic rings. The first-order chi connectivity index (χ1) is 17.4. The monoisotopic (exact) mass is 482 g/mol. The van der Waals surface area contributed by atoms with E-state index in [1.54, 1.807) is 6.07 Å². The lowest BCUT2D eigenvalue weighted by molar-refractivity contribution is 0.227. The van der Waals surface area contributed by atoms with E-state index in [1.165, 1.54) is 35.9 Å². The molecular weight excluding hydrogens is 455 g/mol. The molecule has 8 rings (SSSR count). The fourth-order valence-corrected chi connectivity index (χ4v) is 6.45. The maximum atomic E-state index is 14.5. The van der Waals surface area contributed by atoms with Crippen LogP contribution in [0.4, 0.5) is 10.2 Å². The van der Waals surface area contributed by atoms with Crippen LogP contribution in [0.1, 0.15) is 79.5 Å². The Morgan fingerprint density at radius 2 is 1.97 bits per heavy atom. The molecule has 2 bridgehead atoms. The summed E-state index contributed by atoms with van der Waals surface area (Å²) in [6.45, 7) is 1.92. The molecule has 1 spiro atoms. The van der Waals surface area contributed by atoms with Crippen LogP contribution in [-0.4, -0.2) is 24.5 Å². The van der Waals surface area contributed by atoms with Gasteiger partial charge in [0, 0.05) is 59.1 Å². The van der Waals surface area contributed by atoms with Crippen LogP contribution >= 0.6 is 0 Å². The van der Waals surface area contributed by atoms with Crippen molar-refractivity contribution in [2.45, 2.75) is 62.5 Å². The molecule has 8 heteroatoms. The average molecular weight is 483 g/mol.